The molecule has 2 bridgehead atoms. The van der Waals surface area contributed by atoms with E-state index in [0.717, 1.165) is 17.8 Å². The minimum Gasteiger partial charge on any atom is -0.0688 e. The molecule has 5 atom stereocenters. The predicted molar refractivity (Wildman–Crippen MR) is 64.3 cm³/mol. The van der Waals surface area contributed by atoms with Crippen molar-refractivity contribution in [3.63, 3.8) is 0 Å². The third-order valence-corrected chi connectivity index (χ3v) is 10.4. The van der Waals surface area contributed by atoms with Crippen molar-refractivity contribution in [2.45, 2.75) is 43.1 Å². The second-order valence-corrected chi connectivity index (χ2v) is 10.3. The Kier molecular flexibility index (Phi) is 2.08. The normalized spacial score (nSPS) is 59.5. The molecule has 0 nitrogen and oxygen atoms in total. The van der Waals surface area contributed by atoms with Gasteiger partial charge in [-0.2, -0.15) is 0 Å². The van der Waals surface area contributed by atoms with Crippen LogP contribution in [0.4, 0.5) is 0 Å². The van der Waals surface area contributed by atoms with Crippen LogP contribution in [0.3, 0.4) is 0 Å². The van der Waals surface area contributed by atoms with Gasteiger partial charge in [-0.3, -0.25) is 0 Å². The molecule has 0 aromatic rings. The van der Waals surface area contributed by atoms with E-state index in [9.17, 15) is 0 Å². The van der Waals surface area contributed by atoms with Gasteiger partial charge in [0, 0.05) is 0 Å². The van der Waals surface area contributed by atoms with E-state index in [-0.39, 0.29) is 0 Å². The van der Waals surface area contributed by atoms with Crippen LogP contribution in [0, 0.1) is 17.8 Å². The van der Waals surface area contributed by atoms with Gasteiger partial charge in [-0.25, -0.2) is 0 Å². The lowest BCUT2D eigenvalue weighted by atomic mass is 9.68. The molecule has 2 aliphatic carbocycles. The Labute approximate surface area is 91.2 Å². The van der Waals surface area contributed by atoms with Gasteiger partial charge in [0.15, 0.2) is 0 Å². The maximum absolute atomic E-state index is 5.54. The molecular formula is C10H16S3. The van der Waals surface area contributed by atoms with Crippen molar-refractivity contribution >= 4 is 30.5 Å². The minimum atomic E-state index is 0.303. The summed E-state index contributed by atoms with van der Waals surface area (Å²) < 4.78 is 0.603. The summed E-state index contributed by atoms with van der Waals surface area (Å²) in [6.45, 7) is 2.46. The largest absolute Gasteiger partial charge is 0.0913 e. The first kappa shape index (κ1) is 9.17. The third kappa shape index (κ3) is 1.19. The Hall–Kier alpha value is 0.920. The molecule has 3 aliphatic rings. The van der Waals surface area contributed by atoms with Crippen LogP contribution >= 0.6 is 10.8 Å². The fourth-order valence-electron chi connectivity index (χ4n) is 3.49. The molecule has 0 aromatic heterocycles. The first-order chi connectivity index (χ1) is 6.23. The van der Waals surface area contributed by atoms with Gasteiger partial charge in [0.2, 0.25) is 0 Å². The van der Waals surface area contributed by atoms with E-state index < -0.39 is 0 Å². The Bertz CT molecular complexity index is 261. The van der Waals surface area contributed by atoms with Crippen LogP contribution in [0.1, 0.15) is 39.0 Å². The second kappa shape index (κ2) is 2.96. The summed E-state index contributed by atoms with van der Waals surface area (Å²) >= 11 is 5.54. The van der Waals surface area contributed by atoms with Crippen molar-refractivity contribution in [1.29, 1.82) is 0 Å². The quantitative estimate of drug-likeness (QED) is 0.464. The van der Waals surface area contributed by atoms with Crippen LogP contribution < -0.4 is 0 Å². The molecule has 1 saturated heterocycles. The van der Waals surface area contributed by atoms with Crippen LogP contribution in [0.25, 0.3) is 0 Å². The second-order valence-electron chi connectivity index (χ2n) is 4.91. The summed E-state index contributed by atoms with van der Waals surface area (Å²) in [5.74, 6) is 2.98. The number of rotatable bonds is 0. The SMILES string of the molecule is CC1CC2CCCC(C2)C12SS2=S. The van der Waals surface area contributed by atoms with E-state index in [2.05, 4.69) is 17.7 Å². The maximum Gasteiger partial charge on any atom is 0.0913 e. The van der Waals surface area contributed by atoms with Gasteiger partial charge in [0.05, 0.1) is 4.08 Å². The van der Waals surface area contributed by atoms with Crippen LogP contribution in [-0.2, 0) is 19.7 Å². The highest BCUT2D eigenvalue weighted by Gasteiger charge is 2.62. The molecule has 74 valence electrons. The first-order valence-electron chi connectivity index (χ1n) is 5.35. The summed E-state index contributed by atoms with van der Waals surface area (Å²) in [6.07, 6.45) is 7.46. The minimum absolute atomic E-state index is 0.303. The van der Waals surface area contributed by atoms with E-state index in [4.69, 9.17) is 11.2 Å². The van der Waals surface area contributed by atoms with Gasteiger partial charge in [-0.15, -0.1) is 0 Å². The van der Waals surface area contributed by atoms with Crippen molar-refractivity contribution in [2.24, 2.45) is 17.8 Å². The summed E-state index contributed by atoms with van der Waals surface area (Å²) in [7, 11) is 2.44. The molecule has 1 aliphatic heterocycles. The molecule has 1 spiro atoms. The van der Waals surface area contributed by atoms with Gasteiger partial charge in [-0.1, -0.05) is 30.6 Å². The highest BCUT2D eigenvalue weighted by molar-refractivity contribution is 8.97. The predicted octanol–water partition coefficient (Wildman–Crippen LogP) is 3.27. The summed E-state index contributed by atoms with van der Waals surface area (Å²) in [5.41, 5.74) is 0. The Balaban J connectivity index is 1.91. The summed E-state index contributed by atoms with van der Waals surface area (Å²) in [5, 5.41) is 0. The van der Waals surface area contributed by atoms with E-state index in [1.807, 2.05) is 0 Å². The lowest BCUT2D eigenvalue weighted by Crippen LogP contribution is -2.40. The zero-order valence-corrected chi connectivity index (χ0v) is 10.4. The molecular weight excluding hydrogens is 216 g/mol. The van der Waals surface area contributed by atoms with E-state index in [1.165, 1.54) is 32.1 Å². The molecule has 3 heteroatoms. The topological polar surface area (TPSA) is 0 Å². The molecule has 2 saturated carbocycles. The summed E-state index contributed by atoms with van der Waals surface area (Å²) in [6, 6.07) is 0. The monoisotopic (exact) mass is 232 g/mol. The average Bonchev–Trinajstić information content (AvgIpc) is 2.77. The lowest BCUT2D eigenvalue weighted by Gasteiger charge is -2.42. The average molecular weight is 232 g/mol. The Morgan fingerprint density at radius 3 is 2.85 bits per heavy atom. The highest BCUT2D eigenvalue weighted by Crippen LogP contribution is 2.68. The molecule has 5 unspecified atom stereocenters. The van der Waals surface area contributed by atoms with Gasteiger partial charge < -0.3 is 0 Å². The van der Waals surface area contributed by atoms with Crippen molar-refractivity contribution < 1.29 is 0 Å². The molecule has 0 radical (unpaired) electrons. The van der Waals surface area contributed by atoms with Crippen molar-refractivity contribution in [1.82, 2.24) is 0 Å². The van der Waals surface area contributed by atoms with Crippen LogP contribution in [0.2, 0.25) is 0 Å². The zero-order chi connectivity index (χ0) is 9.05. The number of fused-ring (bicyclic) bond motifs is 3. The maximum atomic E-state index is 5.54. The van der Waals surface area contributed by atoms with Gasteiger partial charge >= 0.3 is 0 Å². The fraction of sp³-hybridized carbons (Fsp3) is 1.00. The highest BCUT2D eigenvalue weighted by atomic mass is 33.4. The summed E-state index contributed by atoms with van der Waals surface area (Å²) in [4.78, 5) is 0. The van der Waals surface area contributed by atoms with Crippen LogP contribution in [0.15, 0.2) is 0 Å². The third-order valence-electron chi connectivity index (χ3n) is 4.17. The van der Waals surface area contributed by atoms with Gasteiger partial charge in [0.1, 0.15) is 0 Å². The molecule has 1 heterocycles. The van der Waals surface area contributed by atoms with Crippen LogP contribution in [0.5, 0.6) is 0 Å². The molecule has 0 N–H and O–H groups in total. The standard InChI is InChI=1S/C10H16S3/c1-7-5-8-3-2-4-9(6-8)10(7)12-13(10)11/h7-9H,2-6H2,1H3. The van der Waals surface area contributed by atoms with Gasteiger partial charge in [0.25, 0.3) is 0 Å². The Morgan fingerprint density at radius 1 is 1.38 bits per heavy atom. The molecule has 0 amide bonds. The number of hydrogen-bond acceptors (Lipinski definition) is 2. The van der Waals surface area contributed by atoms with Crippen LogP contribution in [-0.4, -0.2) is 4.08 Å². The van der Waals surface area contributed by atoms with Crippen molar-refractivity contribution in [3.05, 3.63) is 0 Å². The lowest BCUT2D eigenvalue weighted by molar-refractivity contribution is 0.145. The van der Waals surface area contributed by atoms with E-state index >= 15 is 0 Å². The van der Waals surface area contributed by atoms with Crippen molar-refractivity contribution in [2.75, 3.05) is 0 Å². The first-order valence-corrected chi connectivity index (χ1v) is 8.83. The molecule has 0 aromatic carbocycles. The fourth-order valence-corrected chi connectivity index (χ4v) is 10.2. The molecule has 3 fully saturated rings. The van der Waals surface area contributed by atoms with Crippen molar-refractivity contribution in [3.8, 4) is 0 Å². The zero-order valence-electron chi connectivity index (χ0n) is 7.99. The number of hydrogen-bond donors (Lipinski definition) is 0. The van der Waals surface area contributed by atoms with E-state index in [0.29, 0.717) is 12.6 Å². The molecule has 3 rings (SSSR count). The van der Waals surface area contributed by atoms with E-state index in [1.54, 1.807) is 0 Å². The molecule has 13 heavy (non-hydrogen) atoms. The smallest absolute Gasteiger partial charge is 0.0688 e. The Morgan fingerprint density at radius 2 is 2.15 bits per heavy atom. The van der Waals surface area contributed by atoms with Gasteiger partial charge in [-0.05, 0) is 56.7 Å².